The molecule has 2 amide bonds. The molecule has 1 aromatic heterocycles. The lowest BCUT2D eigenvalue weighted by Gasteiger charge is -2.39. The first-order chi connectivity index (χ1) is 16.1. The lowest BCUT2D eigenvalue weighted by Crippen LogP contribution is -2.51. The molecule has 2 N–H and O–H groups in total. The van der Waals surface area contributed by atoms with Crippen LogP contribution in [-0.2, 0) is 14.3 Å². The number of hydrogen-bond acceptors (Lipinski definition) is 7. The number of piperazine rings is 1. The second kappa shape index (κ2) is 11.2. The molecule has 2 aliphatic heterocycles. The van der Waals surface area contributed by atoms with Gasteiger partial charge >= 0.3 is 11.8 Å². The minimum absolute atomic E-state index is 0.000357. The van der Waals surface area contributed by atoms with Crippen molar-refractivity contribution in [3.05, 3.63) is 48.4 Å². The van der Waals surface area contributed by atoms with Gasteiger partial charge in [0.15, 0.2) is 0 Å². The predicted molar refractivity (Wildman–Crippen MR) is 123 cm³/mol. The van der Waals surface area contributed by atoms with Gasteiger partial charge in [0, 0.05) is 51.6 Å². The van der Waals surface area contributed by atoms with E-state index >= 15 is 0 Å². The quantitative estimate of drug-likeness (QED) is 0.582. The van der Waals surface area contributed by atoms with E-state index in [1.165, 1.54) is 0 Å². The standard InChI is InChI=1S/C24H32N4O5/c1-31-19-8-6-18(7-9-19)27-10-12-28(13-11-27)21(22-5-3-15-33-22)17-26-24(30)23(29)25-16-20-4-2-14-32-20/h3,5-9,15,20-21H,2,4,10-14,16-17H2,1H3,(H,25,29)(H,26,30)/t20-,21-/m1/s1. The number of ether oxygens (including phenoxy) is 2. The number of hydrogen-bond donors (Lipinski definition) is 2. The van der Waals surface area contributed by atoms with E-state index in [4.69, 9.17) is 13.9 Å². The maximum Gasteiger partial charge on any atom is 0.309 e. The predicted octanol–water partition coefficient (Wildman–Crippen LogP) is 1.56. The van der Waals surface area contributed by atoms with Crippen molar-refractivity contribution in [2.75, 3.05) is 57.9 Å². The molecule has 2 aromatic rings. The first-order valence-corrected chi connectivity index (χ1v) is 11.5. The topological polar surface area (TPSA) is 96.3 Å². The van der Waals surface area contributed by atoms with Crippen LogP contribution in [0.3, 0.4) is 0 Å². The fourth-order valence-corrected chi connectivity index (χ4v) is 4.34. The lowest BCUT2D eigenvalue weighted by atomic mass is 10.1. The fourth-order valence-electron chi connectivity index (χ4n) is 4.34. The second-order valence-corrected chi connectivity index (χ2v) is 8.31. The van der Waals surface area contributed by atoms with Gasteiger partial charge in [-0.25, -0.2) is 0 Å². The van der Waals surface area contributed by atoms with Crippen molar-refractivity contribution >= 4 is 17.5 Å². The molecule has 178 valence electrons. The van der Waals surface area contributed by atoms with E-state index in [0.29, 0.717) is 19.7 Å². The van der Waals surface area contributed by atoms with Gasteiger partial charge < -0.3 is 29.4 Å². The summed E-state index contributed by atoms with van der Waals surface area (Å²) in [7, 11) is 1.66. The van der Waals surface area contributed by atoms with Gasteiger partial charge in [0.1, 0.15) is 11.5 Å². The van der Waals surface area contributed by atoms with E-state index in [2.05, 4.69) is 32.6 Å². The van der Waals surface area contributed by atoms with Crippen molar-refractivity contribution in [3.63, 3.8) is 0 Å². The summed E-state index contributed by atoms with van der Waals surface area (Å²) >= 11 is 0. The van der Waals surface area contributed by atoms with E-state index < -0.39 is 11.8 Å². The Labute approximate surface area is 194 Å². The van der Waals surface area contributed by atoms with E-state index in [0.717, 1.165) is 56.2 Å². The van der Waals surface area contributed by atoms with Crippen LogP contribution in [0, 0.1) is 0 Å². The third-order valence-corrected chi connectivity index (χ3v) is 6.24. The van der Waals surface area contributed by atoms with Crippen molar-refractivity contribution in [3.8, 4) is 5.75 Å². The molecule has 0 unspecified atom stereocenters. The first-order valence-electron chi connectivity index (χ1n) is 11.5. The highest BCUT2D eigenvalue weighted by Gasteiger charge is 2.28. The molecule has 0 saturated carbocycles. The molecule has 0 spiro atoms. The lowest BCUT2D eigenvalue weighted by molar-refractivity contribution is -0.139. The van der Waals surface area contributed by atoms with Crippen molar-refractivity contribution in [1.82, 2.24) is 15.5 Å². The van der Waals surface area contributed by atoms with Gasteiger partial charge in [-0.05, 0) is 49.2 Å². The molecule has 4 rings (SSSR count). The molecular formula is C24H32N4O5. The molecule has 3 heterocycles. The summed E-state index contributed by atoms with van der Waals surface area (Å²) in [5.41, 5.74) is 1.15. The summed E-state index contributed by atoms with van der Waals surface area (Å²) in [5.74, 6) is 0.341. The van der Waals surface area contributed by atoms with Gasteiger partial charge in [-0.15, -0.1) is 0 Å². The van der Waals surface area contributed by atoms with Crippen molar-refractivity contribution in [2.24, 2.45) is 0 Å². The third kappa shape index (κ3) is 6.06. The summed E-state index contributed by atoms with van der Waals surface area (Å²) in [4.78, 5) is 29.2. The molecule has 0 aliphatic carbocycles. The zero-order valence-corrected chi connectivity index (χ0v) is 19.0. The highest BCUT2D eigenvalue weighted by atomic mass is 16.5. The van der Waals surface area contributed by atoms with Gasteiger partial charge in [0.05, 0.1) is 25.5 Å². The number of carbonyl (C=O) groups is 2. The molecule has 0 radical (unpaired) electrons. The largest absolute Gasteiger partial charge is 0.497 e. The molecule has 1 aromatic carbocycles. The minimum Gasteiger partial charge on any atom is -0.497 e. The van der Waals surface area contributed by atoms with Crippen LogP contribution in [0.4, 0.5) is 5.69 Å². The van der Waals surface area contributed by atoms with Crippen LogP contribution in [0.15, 0.2) is 47.1 Å². The van der Waals surface area contributed by atoms with E-state index in [1.54, 1.807) is 13.4 Å². The number of amides is 2. The Morgan fingerprint density at radius 2 is 1.85 bits per heavy atom. The SMILES string of the molecule is COc1ccc(N2CCN([C@H](CNC(=O)C(=O)NC[C@H]3CCCO3)c3ccco3)CC2)cc1. The Morgan fingerprint density at radius 1 is 1.09 bits per heavy atom. The van der Waals surface area contributed by atoms with Crippen molar-refractivity contribution < 1.29 is 23.5 Å². The number of nitrogens with zero attached hydrogens (tertiary/aromatic N) is 2. The summed E-state index contributed by atoms with van der Waals surface area (Å²) in [6.07, 6.45) is 3.53. The summed E-state index contributed by atoms with van der Waals surface area (Å²) < 4.78 is 16.4. The smallest absolute Gasteiger partial charge is 0.309 e. The van der Waals surface area contributed by atoms with Gasteiger partial charge in [0.25, 0.3) is 0 Å². The van der Waals surface area contributed by atoms with Crippen LogP contribution < -0.4 is 20.3 Å². The number of anilines is 1. The molecular weight excluding hydrogens is 424 g/mol. The normalized spacial score (nSPS) is 19.8. The Kier molecular flexibility index (Phi) is 7.85. The maximum absolute atomic E-state index is 12.4. The van der Waals surface area contributed by atoms with Gasteiger partial charge in [0.2, 0.25) is 0 Å². The summed E-state index contributed by atoms with van der Waals surface area (Å²) in [6, 6.07) is 11.7. The van der Waals surface area contributed by atoms with Crippen LogP contribution in [-0.4, -0.2) is 75.8 Å². The monoisotopic (exact) mass is 456 g/mol. The van der Waals surface area contributed by atoms with Crippen molar-refractivity contribution in [1.29, 1.82) is 0 Å². The van der Waals surface area contributed by atoms with E-state index in [1.807, 2.05) is 24.3 Å². The molecule has 2 fully saturated rings. The van der Waals surface area contributed by atoms with Gasteiger partial charge in [-0.2, -0.15) is 0 Å². The molecule has 9 nitrogen and oxygen atoms in total. The van der Waals surface area contributed by atoms with Gasteiger partial charge in [-0.1, -0.05) is 0 Å². The number of nitrogens with one attached hydrogen (secondary N) is 2. The second-order valence-electron chi connectivity index (χ2n) is 8.31. The molecule has 33 heavy (non-hydrogen) atoms. The Morgan fingerprint density at radius 3 is 2.48 bits per heavy atom. The molecule has 0 bridgehead atoms. The number of methoxy groups -OCH3 is 1. The highest BCUT2D eigenvalue weighted by Crippen LogP contribution is 2.25. The molecule has 2 saturated heterocycles. The van der Waals surface area contributed by atoms with E-state index in [9.17, 15) is 9.59 Å². The van der Waals surface area contributed by atoms with Crippen LogP contribution in [0.2, 0.25) is 0 Å². The Hall–Kier alpha value is -3.04. The number of rotatable bonds is 8. The molecule has 2 atom stereocenters. The molecule has 2 aliphatic rings. The van der Waals surface area contributed by atoms with Crippen LogP contribution in [0.1, 0.15) is 24.6 Å². The average Bonchev–Trinajstić information content (AvgIpc) is 3.58. The minimum atomic E-state index is -0.638. The highest BCUT2D eigenvalue weighted by molar-refractivity contribution is 6.35. The Balaban J connectivity index is 1.30. The summed E-state index contributed by atoms with van der Waals surface area (Å²) in [5, 5.41) is 5.44. The fraction of sp³-hybridized carbons (Fsp3) is 0.500. The number of furan rings is 1. The number of carbonyl (C=O) groups excluding carboxylic acids is 2. The van der Waals surface area contributed by atoms with Crippen LogP contribution >= 0.6 is 0 Å². The third-order valence-electron chi connectivity index (χ3n) is 6.24. The average molecular weight is 457 g/mol. The van der Waals surface area contributed by atoms with Crippen LogP contribution in [0.25, 0.3) is 0 Å². The number of benzene rings is 1. The zero-order chi connectivity index (χ0) is 23.0. The summed E-state index contributed by atoms with van der Waals surface area (Å²) in [6.45, 7) is 4.67. The maximum atomic E-state index is 12.4. The Bertz CT molecular complexity index is 888. The molecule has 9 heteroatoms. The van der Waals surface area contributed by atoms with Gasteiger partial charge in [-0.3, -0.25) is 14.5 Å². The zero-order valence-electron chi connectivity index (χ0n) is 19.0. The van der Waals surface area contributed by atoms with Crippen LogP contribution in [0.5, 0.6) is 5.75 Å². The first kappa shape index (κ1) is 23.1. The van der Waals surface area contributed by atoms with Crippen molar-refractivity contribution in [2.45, 2.75) is 25.0 Å². The van der Waals surface area contributed by atoms with E-state index in [-0.39, 0.29) is 12.1 Å².